The highest BCUT2D eigenvalue weighted by Crippen LogP contribution is 2.25. The maximum Gasteiger partial charge on any atom is 0.153 e. The Morgan fingerprint density at radius 2 is 2.16 bits per heavy atom. The maximum atomic E-state index is 10.8. The molecule has 1 N–H and O–H groups in total. The summed E-state index contributed by atoms with van der Waals surface area (Å²) in [6.07, 6.45) is 1.25. The normalized spacial score (nSPS) is 10.7. The molecule has 0 atom stereocenters. The van der Waals surface area contributed by atoms with Crippen LogP contribution in [0.25, 0.3) is 10.2 Å². The number of benzene rings is 2. The largest absolute Gasteiger partial charge is 0.507 e. The number of rotatable bonds is 3. The van der Waals surface area contributed by atoms with Gasteiger partial charge in [0.15, 0.2) is 6.29 Å². The molecule has 0 unspecified atom stereocenters. The number of phenolic OH excluding ortho intramolecular Hbond substituents is 1. The quantitative estimate of drug-likeness (QED) is 0.741. The van der Waals surface area contributed by atoms with Gasteiger partial charge in [-0.05, 0) is 29.3 Å². The minimum atomic E-state index is 0.0656. The van der Waals surface area contributed by atoms with E-state index in [1.165, 1.54) is 0 Å². The Bertz CT molecular complexity index is 749. The van der Waals surface area contributed by atoms with E-state index in [1.54, 1.807) is 23.5 Å². The lowest BCUT2D eigenvalue weighted by atomic mass is 10.0. The zero-order valence-corrected chi connectivity index (χ0v) is 10.9. The average molecular weight is 269 g/mol. The van der Waals surface area contributed by atoms with Gasteiger partial charge in [0.2, 0.25) is 0 Å². The van der Waals surface area contributed by atoms with Crippen LogP contribution in [0.15, 0.2) is 41.9 Å². The van der Waals surface area contributed by atoms with Crippen molar-refractivity contribution in [3.05, 3.63) is 58.6 Å². The molecular weight excluding hydrogens is 258 g/mol. The summed E-state index contributed by atoms with van der Waals surface area (Å²) in [5.41, 5.74) is 4.93. The van der Waals surface area contributed by atoms with Gasteiger partial charge in [0.1, 0.15) is 5.75 Å². The lowest BCUT2D eigenvalue weighted by molar-refractivity contribution is 0.112. The number of nitrogens with zero attached hydrogens (tertiary/aromatic N) is 1. The van der Waals surface area contributed by atoms with E-state index in [2.05, 4.69) is 4.98 Å². The third kappa shape index (κ3) is 2.22. The summed E-state index contributed by atoms with van der Waals surface area (Å²) in [7, 11) is 0. The molecule has 3 rings (SSSR count). The molecule has 0 saturated carbocycles. The Morgan fingerprint density at radius 1 is 1.26 bits per heavy atom. The van der Waals surface area contributed by atoms with Crippen molar-refractivity contribution in [2.75, 3.05) is 0 Å². The summed E-state index contributed by atoms with van der Waals surface area (Å²) in [5.74, 6) is 0.0656. The summed E-state index contributed by atoms with van der Waals surface area (Å²) < 4.78 is 1.15. The maximum absolute atomic E-state index is 10.8. The van der Waals surface area contributed by atoms with Gasteiger partial charge in [-0.2, -0.15) is 0 Å². The van der Waals surface area contributed by atoms with E-state index >= 15 is 0 Å². The van der Waals surface area contributed by atoms with Gasteiger partial charge in [-0.25, -0.2) is 4.98 Å². The molecule has 1 aromatic heterocycles. The first kappa shape index (κ1) is 11.9. The molecule has 94 valence electrons. The van der Waals surface area contributed by atoms with Gasteiger partial charge in [-0.1, -0.05) is 18.2 Å². The van der Waals surface area contributed by atoms with E-state index < -0.39 is 0 Å². The molecule has 1 heterocycles. The topological polar surface area (TPSA) is 50.2 Å². The van der Waals surface area contributed by atoms with Crippen molar-refractivity contribution in [1.29, 1.82) is 0 Å². The Labute approximate surface area is 114 Å². The molecule has 19 heavy (non-hydrogen) atoms. The highest BCUT2D eigenvalue weighted by Gasteiger charge is 2.07. The van der Waals surface area contributed by atoms with E-state index in [0.29, 0.717) is 18.3 Å². The predicted octanol–water partition coefficient (Wildman–Crippen LogP) is 3.41. The summed E-state index contributed by atoms with van der Waals surface area (Å²) in [5, 5.41) is 9.98. The first-order valence-corrected chi connectivity index (χ1v) is 6.74. The molecule has 2 aromatic carbocycles. The van der Waals surface area contributed by atoms with Crippen LogP contribution in [0, 0.1) is 0 Å². The fourth-order valence-corrected chi connectivity index (χ4v) is 2.74. The summed E-state index contributed by atoms with van der Waals surface area (Å²) >= 11 is 1.60. The Balaban J connectivity index is 1.98. The monoisotopic (exact) mass is 269 g/mol. The van der Waals surface area contributed by atoms with Gasteiger partial charge in [0, 0.05) is 6.42 Å². The van der Waals surface area contributed by atoms with Crippen molar-refractivity contribution >= 4 is 27.8 Å². The Morgan fingerprint density at radius 3 is 3.00 bits per heavy atom. The Kier molecular flexibility index (Phi) is 3.01. The first-order chi connectivity index (χ1) is 9.28. The van der Waals surface area contributed by atoms with Crippen LogP contribution in [-0.2, 0) is 6.42 Å². The smallest absolute Gasteiger partial charge is 0.153 e. The number of aromatic hydroxyl groups is 1. The van der Waals surface area contributed by atoms with Gasteiger partial charge >= 0.3 is 0 Å². The molecule has 0 amide bonds. The number of aromatic nitrogens is 1. The SMILES string of the molecule is O=Cc1cccc(Cc2ccc3scnc3c2)c1O. The predicted molar refractivity (Wildman–Crippen MR) is 75.9 cm³/mol. The van der Waals surface area contributed by atoms with Gasteiger partial charge in [-0.3, -0.25) is 4.79 Å². The van der Waals surface area contributed by atoms with Crippen LogP contribution in [0.2, 0.25) is 0 Å². The molecular formula is C15H11NO2S. The molecule has 0 bridgehead atoms. The van der Waals surface area contributed by atoms with Crippen LogP contribution in [0.4, 0.5) is 0 Å². The molecule has 0 aliphatic carbocycles. The van der Waals surface area contributed by atoms with Gasteiger partial charge in [-0.15, -0.1) is 11.3 Å². The third-order valence-corrected chi connectivity index (χ3v) is 3.88. The van der Waals surface area contributed by atoms with Crippen molar-refractivity contribution in [3.63, 3.8) is 0 Å². The fourth-order valence-electron chi connectivity index (χ4n) is 2.08. The lowest BCUT2D eigenvalue weighted by Gasteiger charge is -2.06. The second-order valence-electron chi connectivity index (χ2n) is 4.30. The van der Waals surface area contributed by atoms with Crippen LogP contribution >= 0.6 is 11.3 Å². The van der Waals surface area contributed by atoms with Crippen LogP contribution in [0.1, 0.15) is 21.5 Å². The van der Waals surface area contributed by atoms with E-state index in [1.807, 2.05) is 29.8 Å². The van der Waals surface area contributed by atoms with E-state index in [4.69, 9.17) is 0 Å². The average Bonchev–Trinajstić information content (AvgIpc) is 2.88. The van der Waals surface area contributed by atoms with Gasteiger partial charge in [0.25, 0.3) is 0 Å². The lowest BCUT2D eigenvalue weighted by Crippen LogP contribution is -1.92. The molecule has 4 heteroatoms. The molecule has 0 radical (unpaired) electrons. The number of phenols is 1. The number of fused-ring (bicyclic) bond motifs is 1. The van der Waals surface area contributed by atoms with E-state index in [-0.39, 0.29) is 5.75 Å². The minimum Gasteiger partial charge on any atom is -0.507 e. The number of para-hydroxylation sites is 1. The first-order valence-electron chi connectivity index (χ1n) is 5.86. The van der Waals surface area contributed by atoms with Crippen LogP contribution in [0.5, 0.6) is 5.75 Å². The molecule has 3 nitrogen and oxygen atoms in total. The van der Waals surface area contributed by atoms with Crippen molar-refractivity contribution in [2.45, 2.75) is 6.42 Å². The summed E-state index contributed by atoms with van der Waals surface area (Å²) in [6.45, 7) is 0. The number of thiazole rings is 1. The second-order valence-corrected chi connectivity index (χ2v) is 5.19. The highest BCUT2D eigenvalue weighted by molar-refractivity contribution is 7.16. The summed E-state index contributed by atoms with van der Waals surface area (Å²) in [4.78, 5) is 15.1. The molecule has 0 fully saturated rings. The number of hydrogen-bond acceptors (Lipinski definition) is 4. The van der Waals surface area contributed by atoms with Crippen molar-refractivity contribution in [1.82, 2.24) is 4.98 Å². The van der Waals surface area contributed by atoms with Crippen molar-refractivity contribution in [2.24, 2.45) is 0 Å². The Hall–Kier alpha value is -2.20. The fraction of sp³-hybridized carbons (Fsp3) is 0.0667. The number of aldehydes is 1. The molecule has 0 aliphatic heterocycles. The molecule has 0 saturated heterocycles. The van der Waals surface area contributed by atoms with Crippen LogP contribution in [-0.4, -0.2) is 16.4 Å². The molecule has 0 aliphatic rings. The number of carbonyl (C=O) groups excluding carboxylic acids is 1. The molecule has 3 aromatic rings. The van der Waals surface area contributed by atoms with Crippen LogP contribution in [0.3, 0.4) is 0 Å². The van der Waals surface area contributed by atoms with Gasteiger partial charge < -0.3 is 5.11 Å². The zero-order chi connectivity index (χ0) is 13.2. The third-order valence-electron chi connectivity index (χ3n) is 3.07. The minimum absolute atomic E-state index is 0.0656. The van der Waals surface area contributed by atoms with Crippen molar-refractivity contribution in [3.8, 4) is 5.75 Å². The van der Waals surface area contributed by atoms with Gasteiger partial charge in [0.05, 0.1) is 21.3 Å². The highest BCUT2D eigenvalue weighted by atomic mass is 32.1. The van der Waals surface area contributed by atoms with E-state index in [9.17, 15) is 9.90 Å². The van der Waals surface area contributed by atoms with Crippen LogP contribution < -0.4 is 0 Å². The standard InChI is InChI=1S/C15H11NO2S/c17-8-12-3-1-2-11(15(12)18)6-10-4-5-14-13(7-10)16-9-19-14/h1-5,7-9,18H,6H2. The number of hydrogen-bond donors (Lipinski definition) is 1. The number of carbonyl (C=O) groups is 1. The zero-order valence-electron chi connectivity index (χ0n) is 10.0. The summed E-state index contributed by atoms with van der Waals surface area (Å²) in [6, 6.07) is 11.3. The van der Waals surface area contributed by atoms with E-state index in [0.717, 1.165) is 21.3 Å². The van der Waals surface area contributed by atoms with Crippen molar-refractivity contribution < 1.29 is 9.90 Å². The molecule has 0 spiro atoms. The second kappa shape index (κ2) is 4.82.